The van der Waals surface area contributed by atoms with Crippen molar-refractivity contribution in [3.05, 3.63) is 63.0 Å². The number of hydrogen-bond acceptors (Lipinski definition) is 6. The maximum atomic E-state index is 11.9. The molecule has 0 aliphatic rings. The van der Waals surface area contributed by atoms with Crippen molar-refractivity contribution in [2.24, 2.45) is 0 Å². The summed E-state index contributed by atoms with van der Waals surface area (Å²) < 4.78 is 6.87. The summed E-state index contributed by atoms with van der Waals surface area (Å²) in [6, 6.07) is 11.5. The average molecular weight is 358 g/mol. The Bertz CT molecular complexity index is 1000. The molecule has 0 saturated carbocycles. The van der Waals surface area contributed by atoms with E-state index in [-0.39, 0.29) is 5.76 Å². The van der Waals surface area contributed by atoms with Crippen molar-refractivity contribution < 1.29 is 4.42 Å². The second-order valence-corrected chi connectivity index (χ2v) is 7.25. The van der Waals surface area contributed by atoms with E-state index in [9.17, 15) is 4.79 Å². The molecule has 0 amide bonds. The van der Waals surface area contributed by atoms with Crippen molar-refractivity contribution in [3.63, 3.8) is 0 Å². The number of aromatic amines is 1. The molecule has 4 rings (SSSR count). The topological polar surface area (TPSA) is 76.7 Å². The minimum absolute atomic E-state index is 0.329. The van der Waals surface area contributed by atoms with Crippen molar-refractivity contribution in [1.29, 1.82) is 0 Å². The van der Waals surface area contributed by atoms with E-state index in [0.717, 1.165) is 17.8 Å². The first-order valence-electron chi connectivity index (χ1n) is 7.44. The molecule has 8 heteroatoms. The molecule has 0 atom stereocenters. The van der Waals surface area contributed by atoms with E-state index in [1.807, 2.05) is 29.6 Å². The van der Waals surface area contributed by atoms with Crippen molar-refractivity contribution in [3.8, 4) is 0 Å². The standard InChI is InChI=1S/C16H14N4O2S2/c21-16-20(12-5-1-2-6-13(12)22-16)7-9-24-15-17-14(18-19-15)10-11-4-3-8-23-11/h1-6,8H,7,9-10H2,(H,17,18,19). The fraction of sp³-hybridized carbons (Fsp3) is 0.188. The summed E-state index contributed by atoms with van der Waals surface area (Å²) in [6.07, 6.45) is 0.761. The SMILES string of the molecule is O=c1oc2ccccc2n1CCSc1n[nH]c(Cc2cccs2)n1. The lowest BCUT2D eigenvalue weighted by Crippen LogP contribution is -2.15. The Hall–Kier alpha value is -2.32. The Kier molecular flexibility index (Phi) is 4.22. The van der Waals surface area contributed by atoms with Gasteiger partial charge in [0.1, 0.15) is 5.82 Å². The Morgan fingerprint density at radius 1 is 1.25 bits per heavy atom. The van der Waals surface area contributed by atoms with Gasteiger partial charge < -0.3 is 4.42 Å². The molecule has 0 saturated heterocycles. The van der Waals surface area contributed by atoms with Crippen molar-refractivity contribution in [1.82, 2.24) is 19.7 Å². The summed E-state index contributed by atoms with van der Waals surface area (Å²) in [4.78, 5) is 17.6. The van der Waals surface area contributed by atoms with Crippen LogP contribution in [-0.2, 0) is 13.0 Å². The number of nitrogens with zero attached hydrogens (tertiary/aromatic N) is 3. The fourth-order valence-corrected chi connectivity index (χ4v) is 3.90. The highest BCUT2D eigenvalue weighted by Gasteiger charge is 2.10. The van der Waals surface area contributed by atoms with Crippen LogP contribution in [-0.4, -0.2) is 25.5 Å². The summed E-state index contributed by atoms with van der Waals surface area (Å²) >= 11 is 3.22. The summed E-state index contributed by atoms with van der Waals surface area (Å²) in [7, 11) is 0. The van der Waals surface area contributed by atoms with E-state index < -0.39 is 0 Å². The zero-order valence-corrected chi connectivity index (χ0v) is 14.3. The molecule has 0 bridgehead atoms. The van der Waals surface area contributed by atoms with Gasteiger partial charge in [-0.2, -0.15) is 0 Å². The number of H-pyrrole nitrogens is 1. The number of nitrogens with one attached hydrogen (secondary N) is 1. The van der Waals surface area contributed by atoms with Gasteiger partial charge in [0.2, 0.25) is 5.16 Å². The number of hydrogen-bond donors (Lipinski definition) is 1. The van der Waals surface area contributed by atoms with Crippen LogP contribution in [0.3, 0.4) is 0 Å². The van der Waals surface area contributed by atoms with Crippen LogP contribution in [0.15, 0.2) is 56.1 Å². The highest BCUT2D eigenvalue weighted by Crippen LogP contribution is 2.17. The van der Waals surface area contributed by atoms with Crippen LogP contribution in [0.1, 0.15) is 10.7 Å². The van der Waals surface area contributed by atoms with Crippen LogP contribution < -0.4 is 5.76 Å². The lowest BCUT2D eigenvalue weighted by molar-refractivity contribution is 0.514. The summed E-state index contributed by atoms with van der Waals surface area (Å²) in [5.41, 5.74) is 1.43. The summed E-state index contributed by atoms with van der Waals surface area (Å²) in [5.74, 6) is 1.22. The lowest BCUT2D eigenvalue weighted by atomic mass is 10.3. The van der Waals surface area contributed by atoms with E-state index in [1.165, 1.54) is 16.6 Å². The van der Waals surface area contributed by atoms with Crippen molar-refractivity contribution in [2.75, 3.05) is 5.75 Å². The smallest absolute Gasteiger partial charge is 0.408 e. The van der Waals surface area contributed by atoms with E-state index in [4.69, 9.17) is 4.42 Å². The number of thioether (sulfide) groups is 1. The number of aryl methyl sites for hydroxylation is 1. The second-order valence-electron chi connectivity index (χ2n) is 5.16. The largest absolute Gasteiger partial charge is 0.419 e. The number of fused-ring (bicyclic) bond motifs is 1. The number of oxazole rings is 1. The number of para-hydroxylation sites is 2. The third-order valence-corrected chi connectivity index (χ3v) is 5.26. The fourth-order valence-electron chi connectivity index (χ4n) is 2.45. The molecular weight excluding hydrogens is 344 g/mol. The molecule has 3 aromatic heterocycles. The van der Waals surface area contributed by atoms with Gasteiger partial charge in [-0.15, -0.1) is 16.4 Å². The van der Waals surface area contributed by atoms with Crippen LogP contribution >= 0.6 is 23.1 Å². The monoisotopic (exact) mass is 358 g/mol. The number of benzene rings is 1. The Morgan fingerprint density at radius 3 is 3.04 bits per heavy atom. The first-order chi connectivity index (χ1) is 11.8. The first-order valence-corrected chi connectivity index (χ1v) is 9.31. The maximum absolute atomic E-state index is 11.9. The molecular formula is C16H14N4O2S2. The van der Waals surface area contributed by atoms with Gasteiger partial charge >= 0.3 is 5.76 Å². The predicted molar refractivity (Wildman–Crippen MR) is 94.7 cm³/mol. The van der Waals surface area contributed by atoms with Crippen molar-refractivity contribution >= 4 is 34.2 Å². The highest BCUT2D eigenvalue weighted by molar-refractivity contribution is 7.99. The van der Waals surface area contributed by atoms with E-state index in [0.29, 0.717) is 23.0 Å². The van der Waals surface area contributed by atoms with Gasteiger partial charge in [0.25, 0.3) is 0 Å². The predicted octanol–water partition coefficient (Wildman–Crippen LogP) is 3.16. The minimum atomic E-state index is -0.329. The third-order valence-electron chi connectivity index (χ3n) is 3.55. The number of rotatable bonds is 6. The van der Waals surface area contributed by atoms with Crippen LogP contribution in [0.2, 0.25) is 0 Å². The van der Waals surface area contributed by atoms with Gasteiger partial charge in [0, 0.05) is 23.6 Å². The normalized spacial score (nSPS) is 11.3. The molecule has 0 fully saturated rings. The molecule has 24 heavy (non-hydrogen) atoms. The second kappa shape index (κ2) is 6.66. The Balaban J connectivity index is 1.39. The highest BCUT2D eigenvalue weighted by atomic mass is 32.2. The van der Waals surface area contributed by atoms with Crippen LogP contribution in [0.4, 0.5) is 0 Å². The molecule has 0 aliphatic heterocycles. The van der Waals surface area contributed by atoms with Crippen LogP contribution in [0, 0.1) is 0 Å². The van der Waals surface area contributed by atoms with E-state index >= 15 is 0 Å². The molecule has 4 aromatic rings. The van der Waals surface area contributed by atoms with Gasteiger partial charge in [-0.1, -0.05) is 30.0 Å². The Labute approximate surface area is 145 Å². The average Bonchev–Trinajstić information content (AvgIpc) is 3.30. The zero-order chi connectivity index (χ0) is 16.4. The van der Waals surface area contributed by atoms with E-state index in [2.05, 4.69) is 21.2 Å². The van der Waals surface area contributed by atoms with Gasteiger partial charge in [-0.25, -0.2) is 9.78 Å². The molecule has 0 radical (unpaired) electrons. The number of aromatic nitrogens is 4. The number of thiophene rings is 1. The van der Waals surface area contributed by atoms with Gasteiger partial charge in [0.15, 0.2) is 5.58 Å². The summed E-state index contributed by atoms with van der Waals surface area (Å²) in [6.45, 7) is 0.551. The first kappa shape index (κ1) is 15.2. The molecule has 0 spiro atoms. The maximum Gasteiger partial charge on any atom is 0.419 e. The van der Waals surface area contributed by atoms with Gasteiger partial charge in [-0.05, 0) is 23.6 Å². The Morgan fingerprint density at radius 2 is 2.17 bits per heavy atom. The molecule has 0 aliphatic carbocycles. The minimum Gasteiger partial charge on any atom is -0.408 e. The lowest BCUT2D eigenvalue weighted by Gasteiger charge is -1.99. The molecule has 122 valence electrons. The van der Waals surface area contributed by atoms with Gasteiger partial charge in [-0.3, -0.25) is 9.67 Å². The molecule has 3 heterocycles. The quantitative estimate of drug-likeness (QED) is 0.536. The van der Waals surface area contributed by atoms with Gasteiger partial charge in [0.05, 0.1) is 5.52 Å². The van der Waals surface area contributed by atoms with Crippen molar-refractivity contribution in [2.45, 2.75) is 18.1 Å². The summed E-state index contributed by atoms with van der Waals surface area (Å²) in [5, 5.41) is 9.93. The van der Waals surface area contributed by atoms with Crippen LogP contribution in [0.25, 0.3) is 11.1 Å². The molecule has 6 nitrogen and oxygen atoms in total. The molecule has 1 N–H and O–H groups in total. The third kappa shape index (κ3) is 3.15. The zero-order valence-electron chi connectivity index (χ0n) is 12.6. The molecule has 1 aromatic carbocycles. The van der Waals surface area contributed by atoms with E-state index in [1.54, 1.807) is 22.0 Å². The molecule has 0 unspecified atom stereocenters. The van der Waals surface area contributed by atoms with Crippen LogP contribution in [0.5, 0.6) is 0 Å².